The lowest BCUT2D eigenvalue weighted by molar-refractivity contribution is -0.122. The topological polar surface area (TPSA) is 77.6 Å². The summed E-state index contributed by atoms with van der Waals surface area (Å²) in [7, 11) is 1.56. The minimum atomic E-state index is -0.280. The van der Waals surface area contributed by atoms with Gasteiger partial charge < -0.3 is 10.1 Å². The molecule has 0 spiro atoms. The molecular weight excluding hydrogens is 248 g/mol. The number of ether oxygens (including phenoxy) is 1. The number of aryl methyl sites for hydroxylation is 1. The Kier molecular flexibility index (Phi) is 3.96. The van der Waals surface area contributed by atoms with Gasteiger partial charge in [-0.05, 0) is 19.1 Å². The summed E-state index contributed by atoms with van der Waals surface area (Å²) in [6, 6.07) is 3.48. The summed E-state index contributed by atoms with van der Waals surface area (Å²) >= 11 is 0. The fourth-order valence-electron chi connectivity index (χ4n) is 1.83. The Morgan fingerprint density at radius 1 is 1.53 bits per heavy atom. The lowest BCUT2D eigenvalue weighted by Crippen LogP contribution is -2.36. The molecule has 1 amide bonds. The number of nitrogens with one attached hydrogen (secondary N) is 1. The largest absolute Gasteiger partial charge is 0.383 e. The fraction of sp³-hybridized carbons (Fsp3) is 0.417. The standard InChI is InChI=1S/C12H16N4O3/c1-9-14-16(8-11(17)13-5-7-19-2)12(18)10-4-3-6-15(9)10/h3-4,6H,5,7-8H2,1-2H3,(H,13,17). The van der Waals surface area contributed by atoms with E-state index in [2.05, 4.69) is 10.4 Å². The summed E-state index contributed by atoms with van der Waals surface area (Å²) in [5.74, 6) is 0.395. The quantitative estimate of drug-likeness (QED) is 0.743. The molecule has 2 heterocycles. The summed E-state index contributed by atoms with van der Waals surface area (Å²) in [5, 5.41) is 6.77. The molecule has 0 fully saturated rings. The number of hydrogen-bond donors (Lipinski definition) is 1. The zero-order valence-corrected chi connectivity index (χ0v) is 10.9. The van der Waals surface area contributed by atoms with E-state index < -0.39 is 0 Å². The van der Waals surface area contributed by atoms with Gasteiger partial charge in [-0.3, -0.25) is 14.0 Å². The number of nitrogens with zero attached hydrogens (tertiary/aromatic N) is 3. The van der Waals surface area contributed by atoms with Gasteiger partial charge in [0.25, 0.3) is 5.56 Å². The Bertz CT molecular complexity index is 644. The van der Waals surface area contributed by atoms with Crippen molar-refractivity contribution in [3.63, 3.8) is 0 Å². The van der Waals surface area contributed by atoms with Crippen molar-refractivity contribution in [2.24, 2.45) is 0 Å². The molecule has 102 valence electrons. The van der Waals surface area contributed by atoms with Gasteiger partial charge in [-0.1, -0.05) is 0 Å². The third kappa shape index (κ3) is 2.82. The maximum absolute atomic E-state index is 12.1. The lowest BCUT2D eigenvalue weighted by Gasteiger charge is -2.08. The van der Waals surface area contributed by atoms with Crippen LogP contribution in [-0.4, -0.2) is 40.3 Å². The van der Waals surface area contributed by atoms with Crippen molar-refractivity contribution in [1.29, 1.82) is 0 Å². The van der Waals surface area contributed by atoms with E-state index in [4.69, 9.17) is 4.74 Å². The van der Waals surface area contributed by atoms with E-state index in [1.807, 2.05) is 0 Å². The first-order chi connectivity index (χ1) is 9.13. The predicted octanol–water partition coefficient (Wildman–Crippen LogP) is -0.433. The van der Waals surface area contributed by atoms with Crippen LogP contribution in [0.4, 0.5) is 0 Å². The molecule has 0 aliphatic carbocycles. The normalized spacial score (nSPS) is 10.8. The highest BCUT2D eigenvalue weighted by Gasteiger charge is 2.10. The Morgan fingerprint density at radius 3 is 3.05 bits per heavy atom. The molecule has 0 unspecified atom stereocenters. The molecule has 7 nitrogen and oxygen atoms in total. The zero-order valence-electron chi connectivity index (χ0n) is 10.9. The van der Waals surface area contributed by atoms with Gasteiger partial charge in [0.1, 0.15) is 17.9 Å². The molecule has 2 aromatic rings. The molecule has 0 bridgehead atoms. The molecule has 2 aromatic heterocycles. The number of fused-ring (bicyclic) bond motifs is 1. The van der Waals surface area contributed by atoms with E-state index in [9.17, 15) is 9.59 Å². The van der Waals surface area contributed by atoms with Gasteiger partial charge in [0.15, 0.2) is 0 Å². The van der Waals surface area contributed by atoms with Crippen molar-refractivity contribution < 1.29 is 9.53 Å². The summed E-state index contributed by atoms with van der Waals surface area (Å²) in [6.07, 6.45) is 1.77. The van der Waals surface area contributed by atoms with Crippen molar-refractivity contribution in [1.82, 2.24) is 19.5 Å². The van der Waals surface area contributed by atoms with Crippen LogP contribution in [0.2, 0.25) is 0 Å². The van der Waals surface area contributed by atoms with Crippen molar-refractivity contribution >= 4 is 11.4 Å². The second-order valence-corrected chi connectivity index (χ2v) is 4.12. The molecule has 0 aliphatic heterocycles. The number of methoxy groups -OCH3 is 1. The average Bonchev–Trinajstić information content (AvgIpc) is 2.86. The van der Waals surface area contributed by atoms with E-state index in [0.717, 1.165) is 0 Å². The number of amides is 1. The van der Waals surface area contributed by atoms with Crippen LogP contribution in [0.15, 0.2) is 23.1 Å². The van der Waals surface area contributed by atoms with Gasteiger partial charge in [-0.2, -0.15) is 5.10 Å². The maximum Gasteiger partial charge on any atom is 0.291 e. The Hall–Kier alpha value is -2.15. The third-order valence-electron chi connectivity index (χ3n) is 2.74. The molecule has 0 aromatic carbocycles. The maximum atomic E-state index is 12.1. The molecule has 0 atom stereocenters. The molecule has 2 rings (SSSR count). The van der Waals surface area contributed by atoms with Crippen LogP contribution in [0.1, 0.15) is 5.82 Å². The van der Waals surface area contributed by atoms with Gasteiger partial charge in [0.2, 0.25) is 5.91 Å². The first-order valence-corrected chi connectivity index (χ1v) is 5.94. The monoisotopic (exact) mass is 264 g/mol. The third-order valence-corrected chi connectivity index (χ3v) is 2.74. The molecular formula is C12H16N4O3. The first kappa shape index (κ1) is 13.3. The summed E-state index contributed by atoms with van der Waals surface area (Å²) in [6.45, 7) is 2.54. The van der Waals surface area contributed by atoms with Crippen LogP contribution in [0.3, 0.4) is 0 Å². The molecule has 0 aliphatic rings. The van der Waals surface area contributed by atoms with Crippen LogP contribution < -0.4 is 10.9 Å². The smallest absolute Gasteiger partial charge is 0.291 e. The van der Waals surface area contributed by atoms with E-state index in [-0.39, 0.29) is 18.0 Å². The number of hydrogen-bond acceptors (Lipinski definition) is 4. The number of aromatic nitrogens is 3. The Morgan fingerprint density at radius 2 is 2.32 bits per heavy atom. The van der Waals surface area contributed by atoms with Crippen molar-refractivity contribution in [3.8, 4) is 0 Å². The highest BCUT2D eigenvalue weighted by atomic mass is 16.5. The van der Waals surface area contributed by atoms with Crippen molar-refractivity contribution in [2.75, 3.05) is 20.3 Å². The second-order valence-electron chi connectivity index (χ2n) is 4.12. The fourth-order valence-corrected chi connectivity index (χ4v) is 1.83. The first-order valence-electron chi connectivity index (χ1n) is 5.94. The Balaban J connectivity index is 2.19. The summed E-state index contributed by atoms with van der Waals surface area (Å²) < 4.78 is 7.70. The lowest BCUT2D eigenvalue weighted by atomic mass is 10.5. The molecule has 1 N–H and O–H groups in total. The van der Waals surface area contributed by atoms with Gasteiger partial charge in [0, 0.05) is 19.9 Å². The molecule has 0 radical (unpaired) electrons. The molecule has 19 heavy (non-hydrogen) atoms. The molecule has 7 heteroatoms. The highest BCUT2D eigenvalue weighted by molar-refractivity contribution is 5.75. The van der Waals surface area contributed by atoms with Crippen LogP contribution in [0, 0.1) is 6.92 Å². The van der Waals surface area contributed by atoms with E-state index >= 15 is 0 Å². The average molecular weight is 264 g/mol. The van der Waals surface area contributed by atoms with E-state index in [0.29, 0.717) is 24.5 Å². The van der Waals surface area contributed by atoms with Crippen LogP contribution in [0.25, 0.3) is 5.52 Å². The van der Waals surface area contributed by atoms with E-state index in [1.165, 1.54) is 4.68 Å². The van der Waals surface area contributed by atoms with E-state index in [1.54, 1.807) is 36.8 Å². The number of carbonyl (C=O) groups excluding carboxylic acids is 1. The SMILES string of the molecule is COCCNC(=O)Cn1nc(C)n2cccc2c1=O. The molecule has 0 saturated heterocycles. The van der Waals surface area contributed by atoms with Gasteiger partial charge >= 0.3 is 0 Å². The molecule has 0 saturated carbocycles. The van der Waals surface area contributed by atoms with Gasteiger partial charge in [-0.15, -0.1) is 0 Å². The minimum absolute atomic E-state index is 0.0922. The zero-order chi connectivity index (χ0) is 13.8. The van der Waals surface area contributed by atoms with Crippen LogP contribution in [-0.2, 0) is 16.1 Å². The summed E-state index contributed by atoms with van der Waals surface area (Å²) in [4.78, 5) is 23.7. The Labute approximate surface area is 109 Å². The minimum Gasteiger partial charge on any atom is -0.383 e. The second kappa shape index (κ2) is 5.66. The van der Waals surface area contributed by atoms with Gasteiger partial charge in [0.05, 0.1) is 6.61 Å². The number of carbonyl (C=O) groups is 1. The van der Waals surface area contributed by atoms with Crippen LogP contribution in [0.5, 0.6) is 0 Å². The van der Waals surface area contributed by atoms with Crippen molar-refractivity contribution in [2.45, 2.75) is 13.5 Å². The van der Waals surface area contributed by atoms with Gasteiger partial charge in [-0.25, -0.2) is 4.68 Å². The highest BCUT2D eigenvalue weighted by Crippen LogP contribution is 2.00. The predicted molar refractivity (Wildman–Crippen MR) is 69.1 cm³/mol. The number of rotatable bonds is 5. The van der Waals surface area contributed by atoms with Crippen LogP contribution >= 0.6 is 0 Å². The van der Waals surface area contributed by atoms with Crippen molar-refractivity contribution in [3.05, 3.63) is 34.5 Å². The summed E-state index contributed by atoms with van der Waals surface area (Å²) in [5.41, 5.74) is 0.231.